The third kappa shape index (κ3) is 8.39. The number of methoxy groups -OCH3 is 1. The molecule has 0 radical (unpaired) electrons. The summed E-state index contributed by atoms with van der Waals surface area (Å²) in [6.07, 6.45) is 3.96. The number of carbonyl (C=O) groups excluding carboxylic acids is 5. The van der Waals surface area contributed by atoms with Crippen molar-refractivity contribution < 1.29 is 38.3 Å². The lowest BCUT2D eigenvalue weighted by atomic mass is 9.84. The molecule has 2 aliphatic heterocycles. The minimum absolute atomic E-state index is 0.0321. The molecule has 1 saturated heterocycles. The lowest BCUT2D eigenvalue weighted by molar-refractivity contribution is -0.143. The number of Topliss-reactive ketones (excluding diaryl/α,β-unsaturated/α-hetero) is 3. The van der Waals surface area contributed by atoms with Crippen LogP contribution in [0.4, 0.5) is 4.79 Å². The summed E-state index contributed by atoms with van der Waals surface area (Å²) in [4.78, 5) is 74.6. The number of amides is 2. The molecule has 264 valence electrons. The summed E-state index contributed by atoms with van der Waals surface area (Å²) < 4.78 is 11.0. The van der Waals surface area contributed by atoms with Crippen molar-refractivity contribution in [1.82, 2.24) is 10.2 Å². The van der Waals surface area contributed by atoms with Crippen LogP contribution in [0.1, 0.15) is 110 Å². The molecule has 2 heterocycles. The highest BCUT2D eigenvalue weighted by Gasteiger charge is 2.55. The third-order valence-electron chi connectivity index (χ3n) is 9.71. The first-order valence-corrected chi connectivity index (χ1v) is 17.5. The highest BCUT2D eigenvalue weighted by molar-refractivity contribution is 6.38. The topological polar surface area (TPSA) is 141 Å². The van der Waals surface area contributed by atoms with Crippen molar-refractivity contribution in [3.8, 4) is 5.75 Å². The average molecular weight is 688 g/mol. The summed E-state index contributed by atoms with van der Waals surface area (Å²) in [7, 11) is 1.54. The highest BCUT2D eigenvalue weighted by atomic mass is 35.5. The summed E-state index contributed by atoms with van der Waals surface area (Å²) in [5.41, 5.74) is 0.490. The number of carbonyl (C=O) groups is 5. The molecule has 1 spiro atoms. The van der Waals surface area contributed by atoms with E-state index >= 15 is 0 Å². The Hall–Kier alpha value is -3.47. The minimum Gasteiger partial charge on any atom is -0.495 e. The molecule has 12 heteroatoms. The van der Waals surface area contributed by atoms with Crippen LogP contribution >= 0.6 is 11.6 Å². The first kappa shape index (κ1) is 37.4. The number of halogens is 1. The van der Waals surface area contributed by atoms with Crippen molar-refractivity contribution >= 4 is 46.7 Å². The summed E-state index contributed by atoms with van der Waals surface area (Å²) >= 11 is 6.45. The Balaban J connectivity index is 1.64. The molecule has 0 unspecified atom stereocenters. The van der Waals surface area contributed by atoms with Gasteiger partial charge in [-0.25, -0.2) is 4.79 Å². The van der Waals surface area contributed by atoms with Gasteiger partial charge in [-0.05, 0) is 62.1 Å². The quantitative estimate of drug-likeness (QED) is 0.244. The van der Waals surface area contributed by atoms with Gasteiger partial charge in [-0.15, -0.1) is 0 Å². The second-order valence-electron chi connectivity index (χ2n) is 14.5. The van der Waals surface area contributed by atoms with Gasteiger partial charge >= 0.3 is 6.09 Å². The zero-order valence-corrected chi connectivity index (χ0v) is 30.0. The highest BCUT2D eigenvalue weighted by Crippen LogP contribution is 2.42. The predicted molar refractivity (Wildman–Crippen MR) is 181 cm³/mol. The van der Waals surface area contributed by atoms with E-state index in [4.69, 9.17) is 25.9 Å². The number of ether oxygens (including phenoxy) is 2. The molecule has 1 aliphatic carbocycles. The number of ketones is 3. The molecule has 1 aromatic carbocycles. The fourth-order valence-corrected chi connectivity index (χ4v) is 7.27. The summed E-state index contributed by atoms with van der Waals surface area (Å²) in [6.45, 7) is 11.0. The molecule has 1 aromatic rings. The summed E-state index contributed by atoms with van der Waals surface area (Å²) in [5, 5.41) is 7.63. The maximum Gasteiger partial charge on any atom is 0.408 e. The minimum atomic E-state index is -1.03. The van der Waals surface area contributed by atoms with Crippen LogP contribution in [0.5, 0.6) is 5.75 Å². The first-order valence-electron chi connectivity index (χ1n) is 17.1. The number of hydrogen-bond donors (Lipinski definition) is 1. The Morgan fingerprint density at radius 2 is 1.83 bits per heavy atom. The van der Waals surface area contributed by atoms with E-state index in [0.717, 1.165) is 36.8 Å². The molecule has 0 bridgehead atoms. The van der Waals surface area contributed by atoms with Crippen molar-refractivity contribution in [2.45, 2.75) is 130 Å². The molecule has 4 atom stereocenters. The molecule has 1 saturated carbocycles. The van der Waals surface area contributed by atoms with E-state index in [9.17, 15) is 24.0 Å². The van der Waals surface area contributed by atoms with E-state index in [1.165, 1.54) is 12.0 Å². The van der Waals surface area contributed by atoms with Crippen LogP contribution in [0, 0.1) is 18.3 Å². The van der Waals surface area contributed by atoms with Crippen LogP contribution < -0.4 is 10.1 Å². The van der Waals surface area contributed by atoms with Crippen molar-refractivity contribution in [2.75, 3.05) is 13.7 Å². The molecule has 4 rings (SSSR count). The Labute approximate surface area is 288 Å². The van der Waals surface area contributed by atoms with Gasteiger partial charge < -0.3 is 24.5 Å². The van der Waals surface area contributed by atoms with Crippen molar-refractivity contribution in [3.05, 3.63) is 28.3 Å². The van der Waals surface area contributed by atoms with Gasteiger partial charge in [0.05, 0.1) is 30.4 Å². The number of likely N-dealkylation sites (tertiary alicyclic amines) is 1. The lowest BCUT2D eigenvalue weighted by Gasteiger charge is -2.35. The number of aryl methyl sites for hydroxylation is 1. The number of oxime groups is 1. The molecule has 48 heavy (non-hydrogen) atoms. The van der Waals surface area contributed by atoms with Gasteiger partial charge in [-0.1, -0.05) is 57.8 Å². The molecule has 3 aliphatic rings. The maximum absolute atomic E-state index is 14.5. The molecule has 0 aromatic heterocycles. The number of nitrogens with one attached hydrogen (secondary N) is 1. The molecule has 2 fully saturated rings. The van der Waals surface area contributed by atoms with E-state index in [2.05, 4.69) is 10.5 Å². The van der Waals surface area contributed by atoms with Crippen LogP contribution in [-0.4, -0.2) is 77.4 Å². The second-order valence-corrected chi connectivity index (χ2v) is 14.9. The van der Waals surface area contributed by atoms with E-state index in [1.54, 1.807) is 13.0 Å². The van der Waals surface area contributed by atoms with Gasteiger partial charge in [0.25, 0.3) is 0 Å². The summed E-state index contributed by atoms with van der Waals surface area (Å²) in [5.74, 6) is -2.11. The Kier molecular flexibility index (Phi) is 12.0. The van der Waals surface area contributed by atoms with Crippen molar-refractivity contribution in [3.63, 3.8) is 0 Å². The van der Waals surface area contributed by atoms with Crippen LogP contribution in [0.25, 0.3) is 0 Å². The maximum atomic E-state index is 14.5. The number of hydrogen-bond acceptors (Lipinski definition) is 9. The average Bonchev–Trinajstić information content (AvgIpc) is 3.79. The van der Waals surface area contributed by atoms with E-state index in [1.807, 2.05) is 40.7 Å². The monoisotopic (exact) mass is 687 g/mol. The molecular weight excluding hydrogens is 638 g/mol. The zero-order chi connectivity index (χ0) is 35.4. The van der Waals surface area contributed by atoms with Gasteiger partial charge in [0, 0.05) is 37.2 Å². The fourth-order valence-electron chi connectivity index (χ4n) is 7.03. The summed E-state index contributed by atoms with van der Waals surface area (Å²) in [6, 6.07) is 1.60. The van der Waals surface area contributed by atoms with Gasteiger partial charge in [0.2, 0.25) is 11.7 Å². The molecule has 11 nitrogen and oxygen atoms in total. The van der Waals surface area contributed by atoms with E-state index < -0.39 is 52.6 Å². The third-order valence-corrected chi connectivity index (χ3v) is 10.0. The van der Waals surface area contributed by atoms with Gasteiger partial charge in [-0.3, -0.25) is 19.2 Å². The predicted octanol–water partition coefficient (Wildman–Crippen LogP) is 6.13. The van der Waals surface area contributed by atoms with Crippen LogP contribution in [0.15, 0.2) is 17.3 Å². The standard InChI is InChI=1S/C36H50ClN3O8/c1-8-12-22(31(43)28(41)9-2)16-29(42)27-19-36(18-26(39-48-36)24-17-25(37)30(46-7)15-21(24)3)20-40(27)33(44)32(35(4,5)6)38-34(45)47-23-13-10-11-14-23/h15,17,22-23,27,32H,8-14,16,18-20H2,1-7H3,(H,38,45)/t22-,27+,32-,36-/m1/s1. The SMILES string of the molecule is CCC[C@H](CC(=O)[C@@H]1C[C@]2(CC(c3cc(Cl)c(OC)cc3C)=NO2)CN1C(=O)[C@@H](NC(=O)OC1CCCC1)C(C)(C)C)C(=O)C(=O)CC. The van der Waals surface area contributed by atoms with Crippen LogP contribution in [0.2, 0.25) is 5.02 Å². The Morgan fingerprint density at radius 1 is 1.15 bits per heavy atom. The van der Waals surface area contributed by atoms with Gasteiger partial charge in [0.1, 0.15) is 17.9 Å². The first-order chi connectivity index (χ1) is 22.6. The Morgan fingerprint density at radius 3 is 2.44 bits per heavy atom. The second kappa shape index (κ2) is 15.4. The number of nitrogens with zero attached hydrogens (tertiary/aromatic N) is 2. The fraction of sp³-hybridized carbons (Fsp3) is 0.667. The lowest BCUT2D eigenvalue weighted by Crippen LogP contribution is -2.57. The Bertz CT molecular complexity index is 1450. The normalized spacial score (nSPS) is 22.2. The van der Waals surface area contributed by atoms with Crippen LogP contribution in [0.3, 0.4) is 0 Å². The smallest absolute Gasteiger partial charge is 0.408 e. The van der Waals surface area contributed by atoms with Crippen molar-refractivity contribution in [1.29, 1.82) is 0 Å². The van der Waals surface area contributed by atoms with E-state index in [-0.39, 0.29) is 37.7 Å². The molecular formula is C36H50ClN3O8. The van der Waals surface area contributed by atoms with Crippen LogP contribution in [-0.2, 0) is 28.8 Å². The molecule has 1 N–H and O–H groups in total. The van der Waals surface area contributed by atoms with Gasteiger partial charge in [0.15, 0.2) is 17.2 Å². The number of benzene rings is 1. The zero-order valence-electron chi connectivity index (χ0n) is 29.3. The molecule has 2 amide bonds. The largest absolute Gasteiger partial charge is 0.495 e. The number of alkyl carbamates (subject to hydrolysis) is 1. The van der Waals surface area contributed by atoms with Gasteiger partial charge in [-0.2, -0.15) is 0 Å². The van der Waals surface area contributed by atoms with E-state index in [0.29, 0.717) is 35.7 Å². The van der Waals surface area contributed by atoms with Crippen molar-refractivity contribution in [2.24, 2.45) is 16.5 Å². The number of rotatable bonds is 13.